The van der Waals surface area contributed by atoms with Gasteiger partial charge in [-0.3, -0.25) is 14.4 Å². The van der Waals surface area contributed by atoms with Crippen molar-refractivity contribution in [3.05, 3.63) is 35.8 Å². The first-order valence-corrected chi connectivity index (χ1v) is 12.6. The summed E-state index contributed by atoms with van der Waals surface area (Å²) in [6.07, 6.45) is 6.86. The number of pyridine rings is 1. The number of rotatable bonds is 8. The Bertz CT molecular complexity index is 1350. The fraction of sp³-hybridized carbons (Fsp3) is 0.462. The Balaban J connectivity index is 1.51. The number of aliphatic hydroxyl groups excluding tert-OH is 1. The topological polar surface area (TPSA) is 156 Å². The lowest BCUT2D eigenvalue weighted by atomic mass is 9.85. The zero-order valence-corrected chi connectivity index (χ0v) is 21.0. The molecule has 0 aliphatic carbocycles. The molecule has 2 bridgehead atoms. The van der Waals surface area contributed by atoms with Crippen molar-refractivity contribution < 1.29 is 19.5 Å². The van der Waals surface area contributed by atoms with Gasteiger partial charge in [0.05, 0.1) is 24.0 Å². The highest BCUT2D eigenvalue weighted by atomic mass is 16.3. The number of hydrogen-bond donors (Lipinski definition) is 3. The molecule has 4 N–H and O–H groups in total. The van der Waals surface area contributed by atoms with E-state index in [-0.39, 0.29) is 47.8 Å². The average Bonchev–Trinajstić information content (AvgIpc) is 3.44. The van der Waals surface area contributed by atoms with Crippen molar-refractivity contribution in [2.45, 2.75) is 64.0 Å². The molecule has 0 aromatic carbocycles. The summed E-state index contributed by atoms with van der Waals surface area (Å²) in [6, 6.07) is 3.69. The second-order valence-electron chi connectivity index (χ2n) is 9.80. The van der Waals surface area contributed by atoms with Gasteiger partial charge in [0.1, 0.15) is 18.2 Å². The van der Waals surface area contributed by atoms with Crippen LogP contribution < -0.4 is 11.1 Å². The van der Waals surface area contributed by atoms with E-state index in [1.165, 1.54) is 11.4 Å². The van der Waals surface area contributed by atoms with Crippen LogP contribution in [0.4, 0.5) is 11.6 Å². The Kier molecular flexibility index (Phi) is 6.63. The molecule has 1 unspecified atom stereocenters. The molecule has 0 radical (unpaired) electrons. The molecule has 5 heterocycles. The van der Waals surface area contributed by atoms with Crippen molar-refractivity contribution in [2.75, 3.05) is 24.2 Å². The molecular weight excluding hydrogens is 474 g/mol. The molecule has 3 aromatic heterocycles. The summed E-state index contributed by atoms with van der Waals surface area (Å²) < 4.78 is 1.49. The number of amides is 1. The van der Waals surface area contributed by atoms with Crippen molar-refractivity contribution in [1.29, 1.82) is 0 Å². The van der Waals surface area contributed by atoms with Crippen LogP contribution in [0.5, 0.6) is 0 Å². The molecule has 3 atom stereocenters. The Hall–Kier alpha value is -3.86. The van der Waals surface area contributed by atoms with Gasteiger partial charge in [0.15, 0.2) is 17.2 Å². The summed E-state index contributed by atoms with van der Waals surface area (Å²) in [6.45, 7) is 3.02. The van der Waals surface area contributed by atoms with Crippen LogP contribution in [0.1, 0.15) is 67.9 Å². The van der Waals surface area contributed by atoms with E-state index in [1.807, 2.05) is 17.9 Å². The first kappa shape index (κ1) is 24.8. The van der Waals surface area contributed by atoms with Gasteiger partial charge in [-0.25, -0.2) is 9.97 Å². The van der Waals surface area contributed by atoms with E-state index in [2.05, 4.69) is 15.4 Å². The fourth-order valence-corrected chi connectivity index (χ4v) is 5.75. The van der Waals surface area contributed by atoms with Gasteiger partial charge in [0.25, 0.3) is 0 Å². The lowest BCUT2D eigenvalue weighted by Gasteiger charge is -2.39. The number of nitrogens with two attached hydrogens (primary N) is 1. The number of carbonyl (C=O) groups excluding carboxylic acids is 3. The van der Waals surface area contributed by atoms with Crippen LogP contribution in [0, 0.1) is 0 Å². The maximum absolute atomic E-state index is 12.7. The third kappa shape index (κ3) is 4.43. The summed E-state index contributed by atoms with van der Waals surface area (Å²) in [5.74, 6) is 0.456. The van der Waals surface area contributed by atoms with Gasteiger partial charge in [-0.15, -0.1) is 0 Å². The number of aromatic nitrogens is 4. The number of fused-ring (bicyclic) bond motifs is 3. The number of Topliss-reactive ketones (excluding diaryl/α,β-unsaturated/α-hetero) is 2. The number of nitrogen functional groups attached to an aromatic ring is 1. The quantitative estimate of drug-likeness (QED) is 0.391. The molecule has 2 aliphatic rings. The van der Waals surface area contributed by atoms with Crippen LogP contribution in [0.2, 0.25) is 0 Å². The fourth-order valence-electron chi connectivity index (χ4n) is 5.75. The van der Waals surface area contributed by atoms with Gasteiger partial charge in [0, 0.05) is 41.7 Å². The highest BCUT2D eigenvalue weighted by molar-refractivity contribution is 6.00. The molecular formula is C26H31N7O4. The lowest BCUT2D eigenvalue weighted by molar-refractivity contribution is -0.138. The Morgan fingerprint density at radius 2 is 1.89 bits per heavy atom. The number of anilines is 2. The maximum Gasteiger partial charge on any atom is 0.248 e. The maximum atomic E-state index is 12.7. The number of carbonyl (C=O) groups is 3. The SMILES string of the molecule is CCC(=O)CNc1ccc(-c2cnn3c(N)c(C(C)=O)c(C4C[C@H]5CC[C@@H](C4)N5C(=O)CO)nc23)cn1. The number of aliphatic hydroxyl groups is 1. The minimum absolute atomic E-state index is 0.00988. The summed E-state index contributed by atoms with van der Waals surface area (Å²) in [7, 11) is 0. The van der Waals surface area contributed by atoms with E-state index < -0.39 is 6.61 Å². The minimum Gasteiger partial charge on any atom is -0.387 e. The first-order chi connectivity index (χ1) is 17.8. The number of hydrogen-bond acceptors (Lipinski definition) is 9. The minimum atomic E-state index is -0.496. The summed E-state index contributed by atoms with van der Waals surface area (Å²) >= 11 is 0. The van der Waals surface area contributed by atoms with E-state index in [0.29, 0.717) is 42.0 Å². The molecule has 0 spiro atoms. The highest BCUT2D eigenvalue weighted by Gasteiger charge is 2.44. The molecule has 0 saturated carbocycles. The van der Waals surface area contributed by atoms with Gasteiger partial charge in [-0.2, -0.15) is 9.61 Å². The molecule has 2 fully saturated rings. The van der Waals surface area contributed by atoms with E-state index in [4.69, 9.17) is 10.7 Å². The molecule has 37 heavy (non-hydrogen) atoms. The molecule has 194 valence electrons. The van der Waals surface area contributed by atoms with Crippen LogP contribution in [0.15, 0.2) is 24.5 Å². The monoisotopic (exact) mass is 505 g/mol. The molecule has 11 nitrogen and oxygen atoms in total. The predicted molar refractivity (Wildman–Crippen MR) is 137 cm³/mol. The van der Waals surface area contributed by atoms with Gasteiger partial charge >= 0.3 is 0 Å². The largest absolute Gasteiger partial charge is 0.387 e. The summed E-state index contributed by atoms with van der Waals surface area (Å²) in [5, 5.41) is 16.8. The van der Waals surface area contributed by atoms with Gasteiger partial charge in [-0.05, 0) is 44.7 Å². The molecule has 11 heteroatoms. The van der Waals surface area contributed by atoms with E-state index in [0.717, 1.165) is 24.0 Å². The second-order valence-corrected chi connectivity index (χ2v) is 9.80. The van der Waals surface area contributed by atoms with Crippen LogP contribution in [0.3, 0.4) is 0 Å². The number of piperidine rings is 1. The third-order valence-electron chi connectivity index (χ3n) is 7.54. The number of ketones is 2. The second kappa shape index (κ2) is 9.89. The van der Waals surface area contributed by atoms with Crippen LogP contribution in [0.25, 0.3) is 16.8 Å². The van der Waals surface area contributed by atoms with E-state index >= 15 is 0 Å². The Labute approximate surface area is 214 Å². The summed E-state index contributed by atoms with van der Waals surface area (Å²) in [5.41, 5.74) is 9.53. The first-order valence-electron chi connectivity index (χ1n) is 12.6. The smallest absolute Gasteiger partial charge is 0.248 e. The molecule has 2 saturated heterocycles. The van der Waals surface area contributed by atoms with Crippen molar-refractivity contribution in [3.8, 4) is 11.1 Å². The zero-order chi connectivity index (χ0) is 26.3. The van der Waals surface area contributed by atoms with Crippen LogP contribution in [-0.2, 0) is 9.59 Å². The normalized spacial score (nSPS) is 20.8. The van der Waals surface area contributed by atoms with Gasteiger partial charge in [0.2, 0.25) is 5.91 Å². The molecule has 1 amide bonds. The van der Waals surface area contributed by atoms with Crippen molar-refractivity contribution in [2.24, 2.45) is 0 Å². The highest BCUT2D eigenvalue weighted by Crippen LogP contribution is 2.44. The molecule has 2 aliphatic heterocycles. The molecule has 5 rings (SSSR count). The average molecular weight is 506 g/mol. The van der Waals surface area contributed by atoms with Gasteiger partial charge in [-0.1, -0.05) is 6.92 Å². The lowest BCUT2D eigenvalue weighted by Crippen LogP contribution is -2.47. The van der Waals surface area contributed by atoms with E-state index in [9.17, 15) is 19.5 Å². The third-order valence-corrected chi connectivity index (χ3v) is 7.54. The zero-order valence-electron chi connectivity index (χ0n) is 21.0. The van der Waals surface area contributed by atoms with Crippen molar-refractivity contribution in [1.82, 2.24) is 24.5 Å². The van der Waals surface area contributed by atoms with Crippen LogP contribution >= 0.6 is 0 Å². The van der Waals surface area contributed by atoms with Gasteiger partial charge < -0.3 is 21.1 Å². The van der Waals surface area contributed by atoms with Crippen molar-refractivity contribution in [3.63, 3.8) is 0 Å². The molecule has 3 aromatic rings. The number of nitrogens with one attached hydrogen (secondary N) is 1. The van der Waals surface area contributed by atoms with E-state index in [1.54, 1.807) is 18.5 Å². The van der Waals surface area contributed by atoms with Crippen LogP contribution in [-0.4, -0.2) is 72.3 Å². The Morgan fingerprint density at radius 3 is 2.49 bits per heavy atom. The Morgan fingerprint density at radius 1 is 1.16 bits per heavy atom. The van der Waals surface area contributed by atoms with Crippen molar-refractivity contribution >= 4 is 34.8 Å². The standard InChI is InChI=1S/C26H31N7O4/c1-3-19(36)11-29-21-7-4-15(10-28-21)20-12-30-33-25(27)23(14(2)35)24(31-26(20)33)16-8-17-5-6-18(9-16)32(17)22(37)13-34/h4,7,10,12,16-18,34H,3,5-6,8-9,11,13,27H2,1-2H3,(H,28,29)/t16?,17-,18+. The predicted octanol–water partition coefficient (Wildman–Crippen LogP) is 2.20. The number of nitrogens with zero attached hydrogens (tertiary/aromatic N) is 5. The summed E-state index contributed by atoms with van der Waals surface area (Å²) in [4.78, 5) is 47.8.